The minimum absolute atomic E-state index is 0.0783. The summed E-state index contributed by atoms with van der Waals surface area (Å²) in [5.41, 5.74) is 1.90. The van der Waals surface area contributed by atoms with Crippen molar-refractivity contribution in [2.45, 2.75) is 39.2 Å². The second-order valence-corrected chi connectivity index (χ2v) is 6.07. The second kappa shape index (κ2) is 8.38. The molecule has 3 aromatic rings. The first kappa shape index (κ1) is 17.1. The maximum absolute atomic E-state index is 5.98. The van der Waals surface area contributed by atoms with Crippen molar-refractivity contribution in [3.8, 4) is 28.8 Å². The molecule has 0 aliphatic carbocycles. The van der Waals surface area contributed by atoms with Gasteiger partial charge in [0.1, 0.15) is 0 Å². The van der Waals surface area contributed by atoms with Crippen LogP contribution < -0.4 is 4.74 Å². The van der Waals surface area contributed by atoms with Gasteiger partial charge < -0.3 is 4.74 Å². The molecule has 3 rings (SSSR count). The van der Waals surface area contributed by atoms with Crippen LogP contribution in [0.3, 0.4) is 0 Å². The van der Waals surface area contributed by atoms with Crippen molar-refractivity contribution in [3.05, 3.63) is 60.7 Å². The van der Waals surface area contributed by atoms with Gasteiger partial charge in [-0.3, -0.25) is 0 Å². The van der Waals surface area contributed by atoms with Crippen molar-refractivity contribution < 1.29 is 4.74 Å². The van der Waals surface area contributed by atoms with Gasteiger partial charge in [-0.2, -0.15) is 9.97 Å². The van der Waals surface area contributed by atoms with Gasteiger partial charge in [0.05, 0.1) is 6.10 Å². The summed E-state index contributed by atoms with van der Waals surface area (Å²) in [6.45, 7) is 4.24. The fourth-order valence-corrected chi connectivity index (χ4v) is 2.57. The Labute approximate surface area is 149 Å². The van der Waals surface area contributed by atoms with Gasteiger partial charge in [0.2, 0.25) is 0 Å². The van der Waals surface area contributed by atoms with Crippen LogP contribution in [0, 0.1) is 0 Å². The predicted octanol–water partition coefficient (Wildman–Crippen LogP) is 5.16. The first-order chi connectivity index (χ1) is 12.3. The van der Waals surface area contributed by atoms with Crippen LogP contribution in [0.1, 0.15) is 33.1 Å². The van der Waals surface area contributed by atoms with Crippen LogP contribution in [0.2, 0.25) is 0 Å². The van der Waals surface area contributed by atoms with E-state index in [9.17, 15) is 0 Å². The lowest BCUT2D eigenvalue weighted by Crippen LogP contribution is -2.14. The Morgan fingerprint density at radius 1 is 0.800 bits per heavy atom. The number of rotatable bonds is 7. The molecule has 4 heteroatoms. The van der Waals surface area contributed by atoms with Crippen molar-refractivity contribution in [2.75, 3.05) is 0 Å². The topological polar surface area (TPSA) is 47.9 Å². The minimum atomic E-state index is 0.0783. The summed E-state index contributed by atoms with van der Waals surface area (Å²) in [4.78, 5) is 13.7. The van der Waals surface area contributed by atoms with Gasteiger partial charge in [-0.1, -0.05) is 80.4 Å². The highest BCUT2D eigenvalue weighted by atomic mass is 16.5. The maximum atomic E-state index is 5.98. The summed E-state index contributed by atoms with van der Waals surface area (Å²) >= 11 is 0. The van der Waals surface area contributed by atoms with E-state index in [0.29, 0.717) is 17.7 Å². The van der Waals surface area contributed by atoms with Crippen molar-refractivity contribution in [1.82, 2.24) is 15.0 Å². The van der Waals surface area contributed by atoms with Crippen LogP contribution in [0.4, 0.5) is 0 Å². The van der Waals surface area contributed by atoms with Crippen LogP contribution in [0.15, 0.2) is 60.7 Å². The summed E-state index contributed by atoms with van der Waals surface area (Å²) in [5, 5.41) is 0. The number of ether oxygens (including phenoxy) is 1. The standard InChI is InChI=1S/C21H23N3O/c1-3-4-11-16(2)25-21-23-19(17-12-7-5-8-13-17)22-20(24-21)18-14-9-6-10-15-18/h5-10,12-16H,3-4,11H2,1-2H3. The monoisotopic (exact) mass is 333 g/mol. The largest absolute Gasteiger partial charge is 0.460 e. The lowest BCUT2D eigenvalue weighted by atomic mass is 10.2. The Morgan fingerprint density at radius 3 is 1.80 bits per heavy atom. The van der Waals surface area contributed by atoms with E-state index < -0.39 is 0 Å². The first-order valence-electron chi connectivity index (χ1n) is 8.80. The molecule has 0 spiro atoms. The highest BCUT2D eigenvalue weighted by Gasteiger charge is 2.13. The molecule has 1 heterocycles. The number of hydrogen-bond acceptors (Lipinski definition) is 4. The zero-order chi connectivity index (χ0) is 17.5. The van der Waals surface area contributed by atoms with E-state index in [2.05, 4.69) is 28.8 Å². The van der Waals surface area contributed by atoms with Gasteiger partial charge in [-0.05, 0) is 13.3 Å². The summed E-state index contributed by atoms with van der Waals surface area (Å²) in [5.74, 6) is 1.26. The molecule has 128 valence electrons. The Balaban J connectivity index is 1.97. The average molecular weight is 333 g/mol. The van der Waals surface area contributed by atoms with Crippen LogP contribution in [-0.4, -0.2) is 21.1 Å². The molecule has 2 aromatic carbocycles. The molecule has 0 aliphatic heterocycles. The van der Waals surface area contributed by atoms with Gasteiger partial charge >= 0.3 is 6.01 Å². The molecular formula is C21H23N3O. The van der Waals surface area contributed by atoms with Crippen LogP contribution in [0.25, 0.3) is 22.8 Å². The number of benzene rings is 2. The molecule has 0 amide bonds. The number of hydrogen-bond donors (Lipinski definition) is 0. The third-order valence-electron chi connectivity index (χ3n) is 3.95. The summed E-state index contributed by atoms with van der Waals surface area (Å²) < 4.78 is 5.98. The van der Waals surface area contributed by atoms with E-state index in [0.717, 1.165) is 30.4 Å². The van der Waals surface area contributed by atoms with Gasteiger partial charge in [-0.25, -0.2) is 4.98 Å². The molecule has 0 fully saturated rings. The maximum Gasteiger partial charge on any atom is 0.320 e. The van der Waals surface area contributed by atoms with Crippen LogP contribution >= 0.6 is 0 Å². The molecule has 4 nitrogen and oxygen atoms in total. The normalized spacial score (nSPS) is 11.9. The predicted molar refractivity (Wildman–Crippen MR) is 100 cm³/mol. The smallest absolute Gasteiger partial charge is 0.320 e. The van der Waals surface area contributed by atoms with Crippen molar-refractivity contribution in [3.63, 3.8) is 0 Å². The summed E-state index contributed by atoms with van der Waals surface area (Å²) in [7, 11) is 0. The number of aromatic nitrogens is 3. The Morgan fingerprint density at radius 2 is 1.32 bits per heavy atom. The zero-order valence-electron chi connectivity index (χ0n) is 14.7. The Bertz CT molecular complexity index is 733. The second-order valence-electron chi connectivity index (χ2n) is 6.07. The molecule has 0 saturated carbocycles. The molecule has 0 aliphatic rings. The summed E-state index contributed by atoms with van der Waals surface area (Å²) in [6.07, 6.45) is 3.34. The van der Waals surface area contributed by atoms with Crippen molar-refractivity contribution in [1.29, 1.82) is 0 Å². The lowest BCUT2D eigenvalue weighted by molar-refractivity contribution is 0.190. The minimum Gasteiger partial charge on any atom is -0.460 e. The molecule has 0 radical (unpaired) electrons. The third-order valence-corrected chi connectivity index (χ3v) is 3.95. The van der Waals surface area contributed by atoms with E-state index in [1.807, 2.05) is 60.7 Å². The lowest BCUT2D eigenvalue weighted by Gasteiger charge is -2.14. The van der Waals surface area contributed by atoms with Crippen molar-refractivity contribution >= 4 is 0 Å². The molecule has 25 heavy (non-hydrogen) atoms. The Kier molecular flexibility index (Phi) is 5.73. The fraction of sp³-hybridized carbons (Fsp3) is 0.286. The molecule has 0 N–H and O–H groups in total. The summed E-state index contributed by atoms with van der Waals surface area (Å²) in [6, 6.07) is 20.2. The number of nitrogens with zero attached hydrogens (tertiary/aromatic N) is 3. The van der Waals surface area contributed by atoms with E-state index in [-0.39, 0.29) is 6.10 Å². The van der Waals surface area contributed by atoms with Crippen LogP contribution in [-0.2, 0) is 0 Å². The molecule has 0 bridgehead atoms. The van der Waals surface area contributed by atoms with Gasteiger partial charge in [0.25, 0.3) is 0 Å². The molecule has 1 atom stereocenters. The highest BCUT2D eigenvalue weighted by Crippen LogP contribution is 2.23. The SMILES string of the molecule is CCCCC(C)Oc1nc(-c2ccccc2)nc(-c2ccccc2)n1. The molecular weight excluding hydrogens is 310 g/mol. The number of unbranched alkanes of at least 4 members (excludes halogenated alkanes) is 1. The molecule has 0 saturated heterocycles. The van der Waals surface area contributed by atoms with E-state index >= 15 is 0 Å². The fourth-order valence-electron chi connectivity index (χ4n) is 2.57. The molecule has 1 aromatic heterocycles. The molecule has 1 unspecified atom stereocenters. The van der Waals surface area contributed by atoms with Gasteiger partial charge in [0.15, 0.2) is 11.6 Å². The zero-order valence-corrected chi connectivity index (χ0v) is 14.7. The van der Waals surface area contributed by atoms with E-state index in [1.165, 1.54) is 0 Å². The van der Waals surface area contributed by atoms with Gasteiger partial charge in [0, 0.05) is 11.1 Å². The van der Waals surface area contributed by atoms with Crippen molar-refractivity contribution in [2.24, 2.45) is 0 Å². The third kappa shape index (κ3) is 4.63. The van der Waals surface area contributed by atoms with Crippen LogP contribution in [0.5, 0.6) is 6.01 Å². The van der Waals surface area contributed by atoms with E-state index in [4.69, 9.17) is 4.74 Å². The Hall–Kier alpha value is -2.75. The van der Waals surface area contributed by atoms with E-state index in [1.54, 1.807) is 0 Å². The quantitative estimate of drug-likeness (QED) is 0.599. The average Bonchev–Trinajstić information content (AvgIpc) is 2.67. The van der Waals surface area contributed by atoms with Gasteiger partial charge in [-0.15, -0.1) is 0 Å². The first-order valence-corrected chi connectivity index (χ1v) is 8.80. The highest BCUT2D eigenvalue weighted by molar-refractivity contribution is 5.61.